The van der Waals surface area contributed by atoms with E-state index in [9.17, 15) is 4.79 Å². The fourth-order valence-corrected chi connectivity index (χ4v) is 2.71. The summed E-state index contributed by atoms with van der Waals surface area (Å²) in [7, 11) is 0. The van der Waals surface area contributed by atoms with E-state index >= 15 is 0 Å². The zero-order chi connectivity index (χ0) is 14.5. The summed E-state index contributed by atoms with van der Waals surface area (Å²) in [4.78, 5) is 12.5. The number of amides is 1. The van der Waals surface area contributed by atoms with Crippen LogP contribution < -0.4 is 5.32 Å². The van der Waals surface area contributed by atoms with E-state index in [-0.39, 0.29) is 17.9 Å². The van der Waals surface area contributed by atoms with Crippen molar-refractivity contribution in [1.82, 2.24) is 5.32 Å². The first kappa shape index (κ1) is 13.7. The third kappa shape index (κ3) is 3.24. The Hall–Kier alpha value is -2.29. The Labute approximate surface area is 124 Å². The minimum Gasteiger partial charge on any atom is -0.467 e. The van der Waals surface area contributed by atoms with Gasteiger partial charge in [-0.25, -0.2) is 0 Å². The number of carbonyl (C=O) groups is 1. The minimum absolute atomic E-state index is 0.0659. The SMILES string of the molecule is O=C(NC(c1ccccc1)c1ccco1)C1CC=CCC1. The largest absolute Gasteiger partial charge is 0.467 e. The van der Waals surface area contributed by atoms with E-state index in [1.165, 1.54) is 0 Å². The molecule has 0 saturated carbocycles. The lowest BCUT2D eigenvalue weighted by Gasteiger charge is -2.22. The molecule has 1 heterocycles. The van der Waals surface area contributed by atoms with Gasteiger partial charge in [0.25, 0.3) is 0 Å². The number of nitrogens with one attached hydrogen (secondary N) is 1. The molecule has 2 aromatic rings. The average Bonchev–Trinajstić information content (AvgIpc) is 3.08. The monoisotopic (exact) mass is 281 g/mol. The van der Waals surface area contributed by atoms with Crippen LogP contribution >= 0.6 is 0 Å². The molecule has 0 aliphatic heterocycles. The molecule has 3 rings (SSSR count). The number of benzene rings is 1. The molecule has 108 valence electrons. The van der Waals surface area contributed by atoms with Crippen molar-refractivity contribution >= 4 is 5.91 Å². The molecule has 1 aromatic carbocycles. The predicted molar refractivity (Wildman–Crippen MR) is 81.6 cm³/mol. The molecule has 0 saturated heterocycles. The van der Waals surface area contributed by atoms with E-state index in [2.05, 4.69) is 17.5 Å². The molecular formula is C18H19NO2. The van der Waals surface area contributed by atoms with Gasteiger partial charge in [-0.3, -0.25) is 4.79 Å². The zero-order valence-corrected chi connectivity index (χ0v) is 11.9. The number of allylic oxidation sites excluding steroid dienone is 2. The molecule has 1 aromatic heterocycles. The Kier molecular flexibility index (Phi) is 4.20. The first-order valence-electron chi connectivity index (χ1n) is 7.38. The topological polar surface area (TPSA) is 42.2 Å². The van der Waals surface area contributed by atoms with E-state index in [4.69, 9.17) is 4.42 Å². The molecular weight excluding hydrogens is 262 g/mol. The van der Waals surface area contributed by atoms with Crippen LogP contribution in [0.5, 0.6) is 0 Å². The van der Waals surface area contributed by atoms with Gasteiger partial charge in [-0.15, -0.1) is 0 Å². The minimum atomic E-state index is -0.223. The molecule has 0 fully saturated rings. The van der Waals surface area contributed by atoms with Gasteiger partial charge < -0.3 is 9.73 Å². The van der Waals surface area contributed by atoms with E-state index in [0.717, 1.165) is 30.6 Å². The van der Waals surface area contributed by atoms with Gasteiger partial charge in [0.15, 0.2) is 0 Å². The van der Waals surface area contributed by atoms with Gasteiger partial charge in [-0.1, -0.05) is 42.5 Å². The summed E-state index contributed by atoms with van der Waals surface area (Å²) in [6.07, 6.45) is 8.60. The maximum absolute atomic E-state index is 12.5. The van der Waals surface area contributed by atoms with Gasteiger partial charge in [0.2, 0.25) is 5.91 Å². The van der Waals surface area contributed by atoms with Gasteiger partial charge in [-0.2, -0.15) is 0 Å². The molecule has 3 nitrogen and oxygen atoms in total. The highest BCUT2D eigenvalue weighted by molar-refractivity contribution is 5.79. The Morgan fingerprint density at radius 2 is 2.00 bits per heavy atom. The Balaban J connectivity index is 1.80. The summed E-state index contributed by atoms with van der Waals surface area (Å²) in [5, 5.41) is 3.14. The average molecular weight is 281 g/mol. The zero-order valence-electron chi connectivity index (χ0n) is 11.9. The fraction of sp³-hybridized carbons (Fsp3) is 0.278. The summed E-state index contributed by atoms with van der Waals surface area (Å²) >= 11 is 0. The second kappa shape index (κ2) is 6.44. The number of hydrogen-bond donors (Lipinski definition) is 1. The van der Waals surface area contributed by atoms with Crippen LogP contribution in [0.25, 0.3) is 0 Å². The van der Waals surface area contributed by atoms with E-state index in [1.54, 1.807) is 6.26 Å². The molecule has 2 unspecified atom stereocenters. The Bertz CT molecular complexity index is 601. The number of carbonyl (C=O) groups excluding carboxylic acids is 1. The lowest BCUT2D eigenvalue weighted by Crippen LogP contribution is -2.34. The molecule has 0 radical (unpaired) electrons. The van der Waals surface area contributed by atoms with Crippen LogP contribution in [0.2, 0.25) is 0 Å². The van der Waals surface area contributed by atoms with Crippen molar-refractivity contribution in [2.75, 3.05) is 0 Å². The van der Waals surface area contributed by atoms with Gasteiger partial charge >= 0.3 is 0 Å². The van der Waals surface area contributed by atoms with Crippen molar-refractivity contribution in [3.05, 3.63) is 72.2 Å². The molecule has 1 N–H and O–H groups in total. The van der Waals surface area contributed by atoms with Crippen LogP contribution in [0, 0.1) is 5.92 Å². The summed E-state index contributed by atoms with van der Waals surface area (Å²) in [5.41, 5.74) is 1.03. The summed E-state index contributed by atoms with van der Waals surface area (Å²) < 4.78 is 5.51. The second-order valence-corrected chi connectivity index (χ2v) is 5.35. The predicted octanol–water partition coefficient (Wildman–Crippen LogP) is 3.84. The Morgan fingerprint density at radius 1 is 1.14 bits per heavy atom. The lowest BCUT2D eigenvalue weighted by atomic mass is 9.93. The second-order valence-electron chi connectivity index (χ2n) is 5.35. The van der Waals surface area contributed by atoms with Gasteiger partial charge in [0, 0.05) is 5.92 Å². The summed E-state index contributed by atoms with van der Waals surface area (Å²) in [6.45, 7) is 0. The highest BCUT2D eigenvalue weighted by Gasteiger charge is 2.24. The van der Waals surface area contributed by atoms with Crippen LogP contribution in [-0.4, -0.2) is 5.91 Å². The third-order valence-electron chi connectivity index (χ3n) is 3.89. The lowest BCUT2D eigenvalue weighted by molar-refractivity contribution is -0.125. The van der Waals surface area contributed by atoms with Crippen molar-refractivity contribution in [3.8, 4) is 0 Å². The highest BCUT2D eigenvalue weighted by Crippen LogP contribution is 2.25. The van der Waals surface area contributed by atoms with E-state index < -0.39 is 0 Å². The number of furan rings is 1. The van der Waals surface area contributed by atoms with Crippen LogP contribution in [0.3, 0.4) is 0 Å². The first-order chi connectivity index (χ1) is 10.3. The third-order valence-corrected chi connectivity index (χ3v) is 3.89. The number of rotatable bonds is 4. The maximum Gasteiger partial charge on any atom is 0.224 e. The van der Waals surface area contributed by atoms with Crippen molar-refractivity contribution < 1.29 is 9.21 Å². The quantitative estimate of drug-likeness (QED) is 0.865. The van der Waals surface area contributed by atoms with Gasteiger partial charge in [-0.05, 0) is 37.0 Å². The molecule has 2 atom stereocenters. The highest BCUT2D eigenvalue weighted by atomic mass is 16.3. The Morgan fingerprint density at radius 3 is 2.67 bits per heavy atom. The van der Waals surface area contributed by atoms with Crippen LogP contribution in [-0.2, 0) is 4.79 Å². The molecule has 1 aliphatic carbocycles. The van der Waals surface area contributed by atoms with Crippen molar-refractivity contribution in [2.24, 2.45) is 5.92 Å². The standard InChI is InChI=1S/C18H19NO2/c20-18(15-10-5-2-6-11-15)19-17(16-12-7-13-21-16)14-8-3-1-4-9-14/h1-5,7-9,12-13,15,17H,6,10-11H2,(H,19,20). The van der Waals surface area contributed by atoms with Crippen molar-refractivity contribution in [1.29, 1.82) is 0 Å². The first-order valence-corrected chi connectivity index (χ1v) is 7.38. The van der Waals surface area contributed by atoms with E-state index in [1.807, 2.05) is 42.5 Å². The normalized spacial score (nSPS) is 19.1. The molecule has 21 heavy (non-hydrogen) atoms. The molecule has 0 spiro atoms. The van der Waals surface area contributed by atoms with Gasteiger partial charge in [0.1, 0.15) is 11.8 Å². The van der Waals surface area contributed by atoms with Crippen LogP contribution in [0.4, 0.5) is 0 Å². The van der Waals surface area contributed by atoms with Crippen molar-refractivity contribution in [3.63, 3.8) is 0 Å². The van der Waals surface area contributed by atoms with Crippen LogP contribution in [0.1, 0.15) is 36.6 Å². The summed E-state index contributed by atoms with van der Waals surface area (Å²) in [5.74, 6) is 0.932. The molecule has 1 amide bonds. The van der Waals surface area contributed by atoms with Gasteiger partial charge in [0.05, 0.1) is 6.26 Å². The molecule has 1 aliphatic rings. The number of hydrogen-bond acceptors (Lipinski definition) is 2. The van der Waals surface area contributed by atoms with Crippen molar-refractivity contribution in [2.45, 2.75) is 25.3 Å². The molecule has 0 bridgehead atoms. The van der Waals surface area contributed by atoms with E-state index in [0.29, 0.717) is 0 Å². The summed E-state index contributed by atoms with van der Waals surface area (Å²) in [6, 6.07) is 13.5. The maximum atomic E-state index is 12.5. The molecule has 3 heteroatoms. The smallest absolute Gasteiger partial charge is 0.224 e. The van der Waals surface area contributed by atoms with Crippen LogP contribution in [0.15, 0.2) is 65.3 Å². The fourth-order valence-electron chi connectivity index (χ4n) is 2.71.